The highest BCUT2D eigenvalue weighted by atomic mass is 32.2. The first-order valence-corrected chi connectivity index (χ1v) is 7.22. The van der Waals surface area contributed by atoms with E-state index in [2.05, 4.69) is 67.2 Å². The molecule has 0 aromatic carbocycles. The van der Waals surface area contributed by atoms with Crippen molar-refractivity contribution in [2.45, 2.75) is 66.6 Å². The van der Waals surface area contributed by atoms with Gasteiger partial charge in [0.15, 0.2) is 0 Å². The van der Waals surface area contributed by atoms with E-state index in [1.54, 1.807) is 0 Å². The molecule has 0 spiro atoms. The fourth-order valence-electron chi connectivity index (χ4n) is 1.03. The van der Waals surface area contributed by atoms with Gasteiger partial charge in [0.2, 0.25) is 0 Å². The van der Waals surface area contributed by atoms with Gasteiger partial charge in [-0.15, -0.1) is 0 Å². The highest BCUT2D eigenvalue weighted by Gasteiger charge is 2.26. The minimum atomic E-state index is 0.424. The van der Waals surface area contributed by atoms with Crippen LogP contribution in [0.4, 0.5) is 0 Å². The van der Waals surface area contributed by atoms with E-state index >= 15 is 0 Å². The van der Waals surface area contributed by atoms with Crippen LogP contribution in [0.3, 0.4) is 0 Å². The molecule has 0 bridgehead atoms. The Morgan fingerprint density at radius 3 is 1.67 bits per heavy atom. The van der Waals surface area contributed by atoms with E-state index in [1.165, 1.54) is 12.2 Å². The zero-order valence-corrected chi connectivity index (χ0v) is 12.8. The van der Waals surface area contributed by atoms with Gasteiger partial charge in [0.1, 0.15) is 0 Å². The lowest BCUT2D eigenvalue weighted by Crippen LogP contribution is -2.25. The minimum absolute atomic E-state index is 0.424. The fraction of sp³-hybridized carbons (Fsp3) is 1.00. The summed E-state index contributed by atoms with van der Waals surface area (Å²) in [6, 6.07) is 0. The third-order valence-electron chi connectivity index (χ3n) is 4.17. The summed E-state index contributed by atoms with van der Waals surface area (Å²) in [4.78, 5) is 0. The molecule has 1 heteroatoms. The Morgan fingerprint density at radius 1 is 0.867 bits per heavy atom. The Balaban J connectivity index is 4.00. The summed E-state index contributed by atoms with van der Waals surface area (Å²) in [5, 5.41) is 0. The van der Waals surface area contributed by atoms with Gasteiger partial charge >= 0.3 is 0 Å². The average Bonchev–Trinajstić information content (AvgIpc) is 2.02. The van der Waals surface area contributed by atoms with Crippen molar-refractivity contribution in [2.24, 2.45) is 17.3 Å². The van der Waals surface area contributed by atoms with Gasteiger partial charge in [0.25, 0.3) is 0 Å². The molecule has 0 aliphatic heterocycles. The van der Waals surface area contributed by atoms with Gasteiger partial charge < -0.3 is 0 Å². The van der Waals surface area contributed by atoms with Gasteiger partial charge in [0, 0.05) is 4.75 Å². The van der Waals surface area contributed by atoms with Crippen molar-refractivity contribution < 1.29 is 0 Å². The molecule has 0 saturated carbocycles. The van der Waals surface area contributed by atoms with Gasteiger partial charge in [-0.3, -0.25) is 0 Å². The molecule has 0 aromatic rings. The van der Waals surface area contributed by atoms with Gasteiger partial charge in [-0.1, -0.05) is 55.4 Å². The fourth-order valence-corrected chi connectivity index (χ4v) is 2.52. The van der Waals surface area contributed by atoms with Gasteiger partial charge in [0.05, 0.1) is 0 Å². The lowest BCUT2D eigenvalue weighted by molar-refractivity contribution is 0.242. The molecule has 0 unspecified atom stereocenters. The summed E-state index contributed by atoms with van der Waals surface area (Å²) in [5.41, 5.74) is 0.486. The van der Waals surface area contributed by atoms with Crippen molar-refractivity contribution in [2.75, 3.05) is 5.75 Å². The van der Waals surface area contributed by atoms with Crippen molar-refractivity contribution in [1.29, 1.82) is 0 Å². The molecule has 0 aliphatic carbocycles. The van der Waals surface area contributed by atoms with Crippen LogP contribution in [0.15, 0.2) is 0 Å². The number of thioether (sulfide) groups is 1. The zero-order valence-electron chi connectivity index (χ0n) is 12.0. The maximum absolute atomic E-state index is 2.39. The summed E-state index contributed by atoms with van der Waals surface area (Å²) < 4.78 is 0.424. The molecular weight excluding hydrogens is 200 g/mol. The highest BCUT2D eigenvalue weighted by molar-refractivity contribution is 8.00. The summed E-state index contributed by atoms with van der Waals surface area (Å²) in [5.74, 6) is 2.82. The third kappa shape index (κ3) is 5.29. The molecule has 0 rings (SSSR count). The molecule has 0 nitrogen and oxygen atoms in total. The molecule has 0 aromatic heterocycles. The predicted octanol–water partition coefficient (Wildman–Crippen LogP) is 5.23. The van der Waals surface area contributed by atoms with Crippen molar-refractivity contribution in [3.05, 3.63) is 0 Å². The van der Waals surface area contributed by atoms with Crippen LogP contribution in [0.2, 0.25) is 0 Å². The van der Waals surface area contributed by atoms with E-state index in [0.29, 0.717) is 10.2 Å². The second-order valence-corrected chi connectivity index (χ2v) is 8.25. The smallest absolute Gasteiger partial charge is 0.0126 e. The monoisotopic (exact) mass is 230 g/mol. The summed E-state index contributed by atoms with van der Waals surface area (Å²) in [6.07, 6.45) is 1.32. The Labute approximate surface area is 102 Å². The first-order valence-electron chi connectivity index (χ1n) is 6.23. The molecule has 0 amide bonds. The summed E-state index contributed by atoms with van der Waals surface area (Å²) >= 11 is 2.13. The Morgan fingerprint density at radius 2 is 1.33 bits per heavy atom. The number of rotatable bonds is 6. The average molecular weight is 230 g/mol. The van der Waals surface area contributed by atoms with E-state index in [0.717, 1.165) is 11.8 Å². The topological polar surface area (TPSA) is 0 Å². The van der Waals surface area contributed by atoms with E-state index in [9.17, 15) is 0 Å². The van der Waals surface area contributed by atoms with Gasteiger partial charge in [-0.2, -0.15) is 11.8 Å². The Bertz CT molecular complexity index is 158. The minimum Gasteiger partial charge on any atom is -0.155 e. The standard InChI is InChI=1S/C14H30S/c1-11(2)13(5,6)9-10-15-14(7,8)12(3)4/h11-12H,9-10H2,1-8H3. The molecule has 15 heavy (non-hydrogen) atoms. The van der Waals surface area contributed by atoms with Crippen molar-refractivity contribution in [3.63, 3.8) is 0 Å². The quantitative estimate of drug-likeness (QED) is 0.602. The van der Waals surface area contributed by atoms with Crippen LogP contribution in [0.5, 0.6) is 0 Å². The number of hydrogen-bond donors (Lipinski definition) is 0. The van der Waals surface area contributed by atoms with Crippen LogP contribution in [-0.2, 0) is 0 Å². The molecular formula is C14H30S. The van der Waals surface area contributed by atoms with Gasteiger partial charge in [-0.25, -0.2) is 0 Å². The van der Waals surface area contributed by atoms with E-state index in [1.807, 2.05) is 0 Å². The van der Waals surface area contributed by atoms with Crippen molar-refractivity contribution in [1.82, 2.24) is 0 Å². The van der Waals surface area contributed by atoms with Crippen LogP contribution in [-0.4, -0.2) is 10.5 Å². The maximum Gasteiger partial charge on any atom is 0.0126 e. The summed E-state index contributed by atoms with van der Waals surface area (Å²) in [7, 11) is 0. The maximum atomic E-state index is 2.39. The highest BCUT2D eigenvalue weighted by Crippen LogP contribution is 2.37. The van der Waals surface area contributed by atoms with E-state index in [-0.39, 0.29) is 0 Å². The molecule has 0 saturated heterocycles. The second-order valence-electron chi connectivity index (χ2n) is 6.50. The predicted molar refractivity (Wildman–Crippen MR) is 74.6 cm³/mol. The van der Waals surface area contributed by atoms with Crippen molar-refractivity contribution >= 4 is 11.8 Å². The van der Waals surface area contributed by atoms with Crippen LogP contribution in [0.25, 0.3) is 0 Å². The van der Waals surface area contributed by atoms with Gasteiger partial charge in [-0.05, 0) is 29.4 Å². The summed E-state index contributed by atoms with van der Waals surface area (Å²) in [6.45, 7) is 18.8. The molecule has 0 N–H and O–H groups in total. The second kappa shape index (κ2) is 5.61. The van der Waals surface area contributed by atoms with Crippen molar-refractivity contribution in [3.8, 4) is 0 Å². The largest absolute Gasteiger partial charge is 0.155 e. The van der Waals surface area contributed by atoms with Crippen LogP contribution in [0, 0.1) is 17.3 Å². The molecule has 0 aliphatic rings. The Kier molecular flexibility index (Phi) is 5.74. The lowest BCUT2D eigenvalue weighted by atomic mass is 9.79. The Hall–Kier alpha value is 0.350. The van der Waals surface area contributed by atoms with E-state index < -0.39 is 0 Å². The molecule has 0 heterocycles. The van der Waals surface area contributed by atoms with E-state index in [4.69, 9.17) is 0 Å². The SMILES string of the molecule is CC(C)C(C)(C)CCSC(C)(C)C(C)C. The van der Waals surface area contributed by atoms with Crippen LogP contribution >= 0.6 is 11.8 Å². The molecule has 0 radical (unpaired) electrons. The normalized spacial score (nSPS) is 14.0. The first kappa shape index (κ1) is 15.3. The molecule has 0 atom stereocenters. The van der Waals surface area contributed by atoms with Crippen LogP contribution in [0.1, 0.15) is 61.8 Å². The lowest BCUT2D eigenvalue weighted by Gasteiger charge is -2.33. The van der Waals surface area contributed by atoms with Crippen LogP contribution < -0.4 is 0 Å². The zero-order chi connectivity index (χ0) is 12.3. The number of hydrogen-bond acceptors (Lipinski definition) is 1. The first-order chi connectivity index (χ1) is 6.59. The third-order valence-corrected chi connectivity index (χ3v) is 5.80. The molecule has 92 valence electrons. The molecule has 0 fully saturated rings.